The molecule has 33 heavy (non-hydrogen) atoms. The predicted octanol–water partition coefficient (Wildman–Crippen LogP) is 3.96. The van der Waals surface area contributed by atoms with Crippen LogP contribution in [0.4, 0.5) is 0 Å². The van der Waals surface area contributed by atoms with Gasteiger partial charge in [0.2, 0.25) is 11.5 Å². The zero-order chi connectivity index (χ0) is 23.7. The van der Waals surface area contributed by atoms with E-state index in [-0.39, 0.29) is 17.6 Å². The molecular formula is C25H27N3O5. The number of aryl methyl sites for hydroxylation is 1. The van der Waals surface area contributed by atoms with Gasteiger partial charge in [-0.05, 0) is 43.5 Å². The lowest BCUT2D eigenvalue weighted by molar-refractivity contribution is 0.0813. The number of aromatic nitrogens is 2. The predicted molar refractivity (Wildman–Crippen MR) is 123 cm³/mol. The number of aromatic amines is 2. The van der Waals surface area contributed by atoms with Crippen molar-refractivity contribution < 1.29 is 23.8 Å². The van der Waals surface area contributed by atoms with E-state index < -0.39 is 5.41 Å². The molecular weight excluding hydrogens is 422 g/mol. The highest BCUT2D eigenvalue weighted by molar-refractivity contribution is 6.08. The normalized spacial score (nSPS) is 21.6. The standard InChI is InChI=1S/C25H27N3O5/c1-12-11-28(19-10-17(29)21-15(25(12,19)3)7-13(2)26-21)24(30)16-8-14-9-18(31-4)22(32-5)23(33-6)20(14)27-16/h7-10,12,26-27H,11H2,1-6H3/t12-,25-/m1/s1. The van der Waals surface area contributed by atoms with Crippen LogP contribution in [0.25, 0.3) is 10.9 Å². The average molecular weight is 450 g/mol. The number of likely N-dealkylation sites (tertiary alicyclic amines) is 1. The molecule has 1 fully saturated rings. The van der Waals surface area contributed by atoms with Gasteiger partial charge in [-0.1, -0.05) is 6.92 Å². The van der Waals surface area contributed by atoms with E-state index in [9.17, 15) is 9.59 Å². The van der Waals surface area contributed by atoms with Gasteiger partial charge in [0.25, 0.3) is 5.91 Å². The van der Waals surface area contributed by atoms with E-state index in [1.54, 1.807) is 37.3 Å². The minimum atomic E-state index is -0.431. The van der Waals surface area contributed by atoms with Crippen molar-refractivity contribution in [3.63, 3.8) is 0 Å². The monoisotopic (exact) mass is 449 g/mol. The molecule has 0 unspecified atom stereocenters. The number of carbonyl (C=O) groups excluding carboxylic acids is 2. The minimum absolute atomic E-state index is 0.106. The molecule has 1 saturated heterocycles. The molecule has 2 N–H and O–H groups in total. The van der Waals surface area contributed by atoms with E-state index in [2.05, 4.69) is 23.8 Å². The number of benzene rings is 1. The first-order valence-corrected chi connectivity index (χ1v) is 10.8. The van der Waals surface area contributed by atoms with Crippen LogP contribution in [-0.4, -0.2) is 54.4 Å². The molecule has 3 aromatic rings. The van der Waals surface area contributed by atoms with Gasteiger partial charge in [0.15, 0.2) is 11.5 Å². The fraction of sp³-hybridized carbons (Fsp3) is 0.360. The first-order chi connectivity index (χ1) is 15.7. The number of amides is 1. The number of rotatable bonds is 4. The maximum atomic E-state index is 13.7. The number of hydrogen-bond donors (Lipinski definition) is 2. The maximum Gasteiger partial charge on any atom is 0.274 e. The molecule has 0 spiro atoms. The third-order valence-corrected chi connectivity index (χ3v) is 7.19. The van der Waals surface area contributed by atoms with Crippen LogP contribution in [-0.2, 0) is 5.41 Å². The summed E-state index contributed by atoms with van der Waals surface area (Å²) in [6.07, 6.45) is 1.61. The SMILES string of the molecule is COc1cc2cc(C(=O)N3C[C@@H](C)[C@@]4(C)C3=CC(=O)c3[nH]c(C)cc34)[nH]c2c(OC)c1OC. The van der Waals surface area contributed by atoms with Crippen LogP contribution in [0.15, 0.2) is 30.0 Å². The fourth-order valence-electron chi connectivity index (χ4n) is 5.31. The maximum absolute atomic E-state index is 13.7. The summed E-state index contributed by atoms with van der Waals surface area (Å²) in [7, 11) is 4.64. The molecule has 8 heteroatoms. The zero-order valence-corrected chi connectivity index (χ0v) is 19.6. The molecule has 0 radical (unpaired) electrons. The van der Waals surface area contributed by atoms with Crippen molar-refractivity contribution >= 4 is 22.6 Å². The van der Waals surface area contributed by atoms with Crippen LogP contribution in [0.2, 0.25) is 0 Å². The van der Waals surface area contributed by atoms with Crippen molar-refractivity contribution in [2.24, 2.45) is 5.92 Å². The van der Waals surface area contributed by atoms with Gasteiger partial charge >= 0.3 is 0 Å². The summed E-state index contributed by atoms with van der Waals surface area (Å²) in [5.74, 6) is 1.26. The second-order valence-electron chi connectivity index (χ2n) is 8.95. The second-order valence-corrected chi connectivity index (χ2v) is 8.95. The number of nitrogens with one attached hydrogen (secondary N) is 2. The highest BCUT2D eigenvalue weighted by Gasteiger charge is 2.52. The number of methoxy groups -OCH3 is 3. The number of ketones is 1. The fourth-order valence-corrected chi connectivity index (χ4v) is 5.31. The van der Waals surface area contributed by atoms with Crippen molar-refractivity contribution in [3.05, 3.63) is 52.6 Å². The Kier molecular flexibility index (Phi) is 4.60. The summed E-state index contributed by atoms with van der Waals surface area (Å²) >= 11 is 0. The lowest BCUT2D eigenvalue weighted by Crippen LogP contribution is -2.35. The molecule has 1 aliphatic carbocycles. The van der Waals surface area contributed by atoms with Crippen molar-refractivity contribution in [3.8, 4) is 17.2 Å². The largest absolute Gasteiger partial charge is 0.493 e. The Morgan fingerprint density at radius 1 is 1.09 bits per heavy atom. The van der Waals surface area contributed by atoms with Crippen molar-refractivity contribution in [2.75, 3.05) is 27.9 Å². The highest BCUT2D eigenvalue weighted by atomic mass is 16.5. The topological polar surface area (TPSA) is 96.7 Å². The molecule has 8 nitrogen and oxygen atoms in total. The third kappa shape index (κ3) is 2.76. The molecule has 1 aliphatic heterocycles. The molecule has 172 valence electrons. The Balaban J connectivity index is 1.60. The number of allylic oxidation sites excluding steroid dienone is 2. The number of nitrogens with zero attached hydrogens (tertiary/aromatic N) is 1. The van der Waals surface area contributed by atoms with Crippen LogP contribution in [0, 0.1) is 12.8 Å². The van der Waals surface area contributed by atoms with E-state index in [4.69, 9.17) is 14.2 Å². The van der Waals surface area contributed by atoms with Gasteiger partial charge in [-0.25, -0.2) is 0 Å². The molecule has 2 aliphatic rings. The van der Waals surface area contributed by atoms with Gasteiger partial charge in [0, 0.05) is 34.8 Å². The molecule has 0 bridgehead atoms. The molecule has 2 atom stereocenters. The quantitative estimate of drug-likeness (QED) is 0.629. The number of hydrogen-bond acceptors (Lipinski definition) is 5. The molecule has 0 saturated carbocycles. The summed E-state index contributed by atoms with van der Waals surface area (Å²) < 4.78 is 16.5. The zero-order valence-electron chi connectivity index (χ0n) is 19.6. The van der Waals surface area contributed by atoms with Crippen LogP contribution >= 0.6 is 0 Å². The van der Waals surface area contributed by atoms with Gasteiger partial charge in [-0.2, -0.15) is 0 Å². The third-order valence-electron chi connectivity index (χ3n) is 7.19. The van der Waals surface area contributed by atoms with E-state index in [0.717, 1.165) is 22.3 Å². The molecule has 2 aromatic heterocycles. The van der Waals surface area contributed by atoms with Crippen LogP contribution in [0.1, 0.15) is 46.1 Å². The first kappa shape index (κ1) is 21.2. The van der Waals surface area contributed by atoms with Gasteiger partial charge in [0.1, 0.15) is 5.69 Å². The Morgan fingerprint density at radius 3 is 2.48 bits per heavy atom. The lowest BCUT2D eigenvalue weighted by atomic mass is 9.70. The van der Waals surface area contributed by atoms with Gasteiger partial charge in [-0.15, -0.1) is 0 Å². The summed E-state index contributed by atoms with van der Waals surface area (Å²) in [6, 6.07) is 5.61. The molecule has 3 heterocycles. The van der Waals surface area contributed by atoms with Crippen molar-refractivity contribution in [1.82, 2.24) is 14.9 Å². The molecule has 5 rings (SSSR count). The Hall–Kier alpha value is -3.68. The minimum Gasteiger partial charge on any atom is -0.493 e. The summed E-state index contributed by atoms with van der Waals surface area (Å²) in [5, 5.41) is 0.764. The summed E-state index contributed by atoms with van der Waals surface area (Å²) in [6.45, 7) is 6.68. The highest BCUT2D eigenvalue weighted by Crippen LogP contribution is 2.51. The van der Waals surface area contributed by atoms with E-state index in [0.29, 0.717) is 40.7 Å². The molecule has 1 aromatic carbocycles. The van der Waals surface area contributed by atoms with E-state index in [1.807, 2.05) is 13.0 Å². The van der Waals surface area contributed by atoms with Gasteiger partial charge in [0.05, 0.1) is 32.5 Å². The number of H-pyrrole nitrogens is 2. The van der Waals surface area contributed by atoms with Crippen LogP contribution in [0.3, 0.4) is 0 Å². The van der Waals surface area contributed by atoms with Crippen LogP contribution < -0.4 is 14.2 Å². The number of ether oxygens (including phenoxy) is 3. The van der Waals surface area contributed by atoms with E-state index >= 15 is 0 Å². The summed E-state index contributed by atoms with van der Waals surface area (Å²) in [4.78, 5) is 34.7. The summed E-state index contributed by atoms with van der Waals surface area (Å²) in [5.41, 5.74) is 3.86. The van der Waals surface area contributed by atoms with Gasteiger partial charge in [-0.3, -0.25) is 9.59 Å². The smallest absolute Gasteiger partial charge is 0.274 e. The van der Waals surface area contributed by atoms with E-state index in [1.165, 1.54) is 7.11 Å². The Morgan fingerprint density at radius 2 is 1.82 bits per heavy atom. The number of fused-ring (bicyclic) bond motifs is 4. The van der Waals surface area contributed by atoms with Gasteiger partial charge < -0.3 is 29.1 Å². The Labute approximate surface area is 191 Å². The van der Waals surface area contributed by atoms with Crippen molar-refractivity contribution in [2.45, 2.75) is 26.2 Å². The second kappa shape index (κ2) is 7.16. The average Bonchev–Trinajstić information content (AvgIpc) is 3.47. The Bertz CT molecular complexity index is 1350. The number of carbonyl (C=O) groups is 2. The first-order valence-electron chi connectivity index (χ1n) is 10.8. The van der Waals surface area contributed by atoms with Crippen molar-refractivity contribution in [1.29, 1.82) is 0 Å². The van der Waals surface area contributed by atoms with Crippen LogP contribution in [0.5, 0.6) is 17.2 Å². The lowest BCUT2D eigenvalue weighted by Gasteiger charge is -2.34. The molecule has 1 amide bonds.